The molecule has 1 aromatic carbocycles. The summed E-state index contributed by atoms with van der Waals surface area (Å²) in [6.45, 7) is 4.68. The first-order chi connectivity index (χ1) is 11.4. The van der Waals surface area contributed by atoms with Gasteiger partial charge in [-0.15, -0.1) is 0 Å². The van der Waals surface area contributed by atoms with Crippen LogP contribution in [-0.2, 0) is 4.74 Å². The Morgan fingerprint density at radius 3 is 2.46 bits per heavy atom. The molecule has 7 nitrogen and oxygen atoms in total. The molecule has 0 aliphatic carbocycles. The van der Waals surface area contributed by atoms with Crippen LogP contribution in [0, 0.1) is 16.0 Å². The minimum atomic E-state index is -0.720. The van der Waals surface area contributed by atoms with E-state index < -0.39 is 16.8 Å². The standard InChI is InChI=1S/C17H24N2O5/c1-4-6-7-12(5-2)11-18-16(20)13-8-14(17(21)24-3)10-15(9-13)19(22)23/h8-10,12H,4-7,11H2,1-3H3,(H,18,20)/t12-/m1/s1. The van der Waals surface area contributed by atoms with Crippen LogP contribution in [0.25, 0.3) is 0 Å². The van der Waals surface area contributed by atoms with Gasteiger partial charge in [-0.05, 0) is 18.4 Å². The number of rotatable bonds is 9. The van der Waals surface area contributed by atoms with E-state index in [4.69, 9.17) is 0 Å². The van der Waals surface area contributed by atoms with Crippen LogP contribution in [0.3, 0.4) is 0 Å². The molecule has 0 radical (unpaired) electrons. The van der Waals surface area contributed by atoms with Crippen molar-refractivity contribution in [2.45, 2.75) is 39.5 Å². The van der Waals surface area contributed by atoms with Gasteiger partial charge in [-0.25, -0.2) is 4.79 Å². The van der Waals surface area contributed by atoms with E-state index in [2.05, 4.69) is 23.9 Å². The van der Waals surface area contributed by atoms with Crippen molar-refractivity contribution in [3.63, 3.8) is 0 Å². The van der Waals surface area contributed by atoms with E-state index in [1.165, 1.54) is 13.2 Å². The predicted octanol–water partition coefficient (Wildman–Crippen LogP) is 3.33. The molecule has 1 N–H and O–H groups in total. The maximum absolute atomic E-state index is 12.3. The Morgan fingerprint density at radius 2 is 1.92 bits per heavy atom. The third-order valence-electron chi connectivity index (χ3n) is 3.91. The molecular weight excluding hydrogens is 312 g/mol. The Balaban J connectivity index is 2.90. The first-order valence-corrected chi connectivity index (χ1v) is 8.08. The lowest BCUT2D eigenvalue weighted by atomic mass is 9.99. The number of nitro groups is 1. The van der Waals surface area contributed by atoms with Crippen LogP contribution >= 0.6 is 0 Å². The molecule has 0 aliphatic heterocycles. The molecule has 0 spiro atoms. The number of methoxy groups -OCH3 is 1. The Hall–Kier alpha value is -2.44. The van der Waals surface area contributed by atoms with Gasteiger partial charge in [0, 0.05) is 24.2 Å². The van der Waals surface area contributed by atoms with Crippen molar-refractivity contribution in [1.29, 1.82) is 0 Å². The number of carbonyl (C=O) groups excluding carboxylic acids is 2. The van der Waals surface area contributed by atoms with Crippen LogP contribution in [0.1, 0.15) is 60.2 Å². The highest BCUT2D eigenvalue weighted by molar-refractivity contribution is 5.98. The number of ether oxygens (including phenoxy) is 1. The van der Waals surface area contributed by atoms with Gasteiger partial charge in [0.15, 0.2) is 0 Å². The van der Waals surface area contributed by atoms with Crippen molar-refractivity contribution in [2.75, 3.05) is 13.7 Å². The second kappa shape index (κ2) is 9.64. The molecule has 1 amide bonds. The number of carbonyl (C=O) groups is 2. The number of nitrogens with zero attached hydrogens (tertiary/aromatic N) is 1. The molecular formula is C17H24N2O5. The van der Waals surface area contributed by atoms with Crippen molar-refractivity contribution in [2.24, 2.45) is 5.92 Å². The van der Waals surface area contributed by atoms with Gasteiger partial charge in [-0.2, -0.15) is 0 Å². The number of unbranched alkanes of at least 4 members (excludes halogenated alkanes) is 1. The number of nitrogens with one attached hydrogen (secondary N) is 1. The van der Waals surface area contributed by atoms with Crippen LogP contribution in [0.4, 0.5) is 5.69 Å². The zero-order valence-electron chi connectivity index (χ0n) is 14.3. The Bertz CT molecular complexity index is 601. The summed E-state index contributed by atoms with van der Waals surface area (Å²) in [7, 11) is 1.18. The zero-order valence-corrected chi connectivity index (χ0v) is 14.3. The number of benzene rings is 1. The third-order valence-corrected chi connectivity index (χ3v) is 3.91. The molecule has 7 heteroatoms. The fraction of sp³-hybridized carbons (Fsp3) is 0.529. The molecule has 0 aromatic heterocycles. The second-order valence-electron chi connectivity index (χ2n) is 5.64. The van der Waals surface area contributed by atoms with Crippen LogP contribution < -0.4 is 5.32 Å². The number of non-ortho nitro benzene ring substituents is 1. The van der Waals surface area contributed by atoms with Gasteiger partial charge in [-0.1, -0.05) is 33.1 Å². The first kappa shape index (κ1) is 19.6. The number of amides is 1. The third kappa shape index (κ3) is 5.64. The number of hydrogen-bond donors (Lipinski definition) is 1. The molecule has 0 saturated heterocycles. The normalized spacial score (nSPS) is 11.6. The summed E-state index contributed by atoms with van der Waals surface area (Å²) in [5, 5.41) is 13.8. The predicted molar refractivity (Wildman–Crippen MR) is 90.1 cm³/mol. The van der Waals surface area contributed by atoms with Crippen LogP contribution in [-0.4, -0.2) is 30.5 Å². The average Bonchev–Trinajstić information content (AvgIpc) is 2.60. The molecule has 1 rings (SSSR count). The molecule has 24 heavy (non-hydrogen) atoms. The van der Waals surface area contributed by atoms with E-state index >= 15 is 0 Å². The summed E-state index contributed by atoms with van der Waals surface area (Å²) < 4.78 is 4.57. The summed E-state index contributed by atoms with van der Waals surface area (Å²) in [5.41, 5.74) is -0.258. The number of esters is 1. The monoisotopic (exact) mass is 336 g/mol. The molecule has 0 saturated carbocycles. The second-order valence-corrected chi connectivity index (χ2v) is 5.64. The quantitative estimate of drug-likeness (QED) is 0.424. The van der Waals surface area contributed by atoms with Crippen molar-refractivity contribution in [3.05, 3.63) is 39.4 Å². The lowest BCUT2D eigenvalue weighted by Crippen LogP contribution is -2.29. The van der Waals surface area contributed by atoms with Gasteiger partial charge in [0.2, 0.25) is 0 Å². The van der Waals surface area contributed by atoms with Crippen LogP contribution in [0.5, 0.6) is 0 Å². The Morgan fingerprint density at radius 1 is 1.25 bits per heavy atom. The van der Waals surface area contributed by atoms with Gasteiger partial charge in [-0.3, -0.25) is 14.9 Å². The molecule has 0 aliphatic rings. The van der Waals surface area contributed by atoms with Crippen LogP contribution in [0.2, 0.25) is 0 Å². The Kier molecular flexibility index (Phi) is 7.88. The number of hydrogen-bond acceptors (Lipinski definition) is 5. The summed E-state index contributed by atoms with van der Waals surface area (Å²) >= 11 is 0. The van der Waals surface area contributed by atoms with Gasteiger partial charge in [0.05, 0.1) is 17.6 Å². The topological polar surface area (TPSA) is 98.5 Å². The molecule has 0 unspecified atom stereocenters. The fourth-order valence-electron chi connectivity index (χ4n) is 2.37. The van der Waals surface area contributed by atoms with Gasteiger partial charge in [0.25, 0.3) is 11.6 Å². The summed E-state index contributed by atoms with van der Waals surface area (Å²) in [4.78, 5) is 34.3. The summed E-state index contributed by atoms with van der Waals surface area (Å²) in [6.07, 6.45) is 4.16. The van der Waals surface area contributed by atoms with E-state index in [1.54, 1.807) is 0 Å². The largest absolute Gasteiger partial charge is 0.465 e. The molecule has 132 valence electrons. The molecule has 0 bridgehead atoms. The molecule has 1 aromatic rings. The average molecular weight is 336 g/mol. The van der Waals surface area contributed by atoms with Gasteiger partial charge in [0.1, 0.15) is 0 Å². The lowest BCUT2D eigenvalue weighted by molar-refractivity contribution is -0.384. The van der Waals surface area contributed by atoms with E-state index in [0.717, 1.165) is 37.8 Å². The highest BCUT2D eigenvalue weighted by Crippen LogP contribution is 2.18. The van der Waals surface area contributed by atoms with Gasteiger partial charge >= 0.3 is 5.97 Å². The van der Waals surface area contributed by atoms with Crippen LogP contribution in [0.15, 0.2) is 18.2 Å². The van der Waals surface area contributed by atoms with E-state index in [9.17, 15) is 19.7 Å². The molecule has 0 heterocycles. The number of nitro benzene ring substituents is 1. The van der Waals surface area contributed by atoms with Crippen molar-refractivity contribution in [1.82, 2.24) is 5.32 Å². The highest BCUT2D eigenvalue weighted by Gasteiger charge is 2.18. The maximum atomic E-state index is 12.3. The van der Waals surface area contributed by atoms with E-state index in [1.807, 2.05) is 0 Å². The maximum Gasteiger partial charge on any atom is 0.338 e. The first-order valence-electron chi connectivity index (χ1n) is 8.08. The minimum absolute atomic E-state index is 0.0186. The fourth-order valence-corrected chi connectivity index (χ4v) is 2.37. The van der Waals surface area contributed by atoms with Crippen molar-refractivity contribution in [3.8, 4) is 0 Å². The Labute approximate surface area is 141 Å². The van der Waals surface area contributed by atoms with E-state index in [-0.39, 0.29) is 16.8 Å². The van der Waals surface area contributed by atoms with Gasteiger partial charge < -0.3 is 10.1 Å². The zero-order chi connectivity index (χ0) is 18.1. The van der Waals surface area contributed by atoms with Crippen molar-refractivity contribution < 1.29 is 19.2 Å². The van der Waals surface area contributed by atoms with Crippen molar-refractivity contribution >= 4 is 17.6 Å². The smallest absolute Gasteiger partial charge is 0.338 e. The summed E-state index contributed by atoms with van der Waals surface area (Å²) in [5.74, 6) is -0.784. The summed E-state index contributed by atoms with van der Waals surface area (Å²) in [6, 6.07) is 3.56. The highest BCUT2D eigenvalue weighted by atomic mass is 16.6. The SMILES string of the molecule is CCCC[C@@H](CC)CNC(=O)c1cc(C(=O)OC)cc([N+](=O)[O-])c1. The molecule has 1 atom stereocenters. The lowest BCUT2D eigenvalue weighted by Gasteiger charge is -2.15. The minimum Gasteiger partial charge on any atom is -0.465 e. The molecule has 0 fully saturated rings. The van der Waals surface area contributed by atoms with E-state index in [0.29, 0.717) is 12.5 Å².